The van der Waals surface area contributed by atoms with E-state index >= 15 is 0 Å². The maximum atomic E-state index is 10.1. The minimum atomic E-state index is -0.611. The van der Waals surface area contributed by atoms with Gasteiger partial charge >= 0.3 is 0 Å². The van der Waals surface area contributed by atoms with Crippen LogP contribution in [-0.2, 0) is 6.42 Å². The number of halogens is 1. The van der Waals surface area contributed by atoms with Gasteiger partial charge in [-0.25, -0.2) is 4.98 Å². The monoisotopic (exact) mass is 355 g/mol. The molecule has 1 unspecified atom stereocenters. The van der Waals surface area contributed by atoms with Gasteiger partial charge in [0.1, 0.15) is 6.10 Å². The topological polar surface area (TPSA) is 42.4 Å². The van der Waals surface area contributed by atoms with Crippen molar-refractivity contribution in [3.05, 3.63) is 57.3 Å². The van der Waals surface area contributed by atoms with Crippen LogP contribution < -0.4 is 4.74 Å². The molecule has 1 aromatic heterocycles. The van der Waals surface area contributed by atoms with Gasteiger partial charge in [0.25, 0.3) is 0 Å². The summed E-state index contributed by atoms with van der Waals surface area (Å²) in [5.74, 6) is 0.522. The minimum absolute atomic E-state index is 0.522. The molecule has 4 heteroatoms. The SMILES string of the molecule is COc1cccc(C(O)Cc2ccc(I)cc2)n1. The molecule has 0 bridgehead atoms. The van der Waals surface area contributed by atoms with E-state index in [0.29, 0.717) is 18.0 Å². The summed E-state index contributed by atoms with van der Waals surface area (Å²) in [4.78, 5) is 4.23. The molecule has 0 aliphatic carbocycles. The van der Waals surface area contributed by atoms with Crippen LogP contribution in [0.25, 0.3) is 0 Å². The second kappa shape index (κ2) is 6.15. The summed E-state index contributed by atoms with van der Waals surface area (Å²) in [6.45, 7) is 0. The van der Waals surface area contributed by atoms with Crippen LogP contribution in [0.2, 0.25) is 0 Å². The highest BCUT2D eigenvalue weighted by Gasteiger charge is 2.10. The highest BCUT2D eigenvalue weighted by Crippen LogP contribution is 2.19. The number of ether oxygens (including phenoxy) is 1. The van der Waals surface area contributed by atoms with E-state index in [0.717, 1.165) is 5.56 Å². The molecule has 94 valence electrons. The molecule has 0 aliphatic heterocycles. The summed E-state index contributed by atoms with van der Waals surface area (Å²) < 4.78 is 6.23. The van der Waals surface area contributed by atoms with Crippen molar-refractivity contribution >= 4 is 22.6 Å². The lowest BCUT2D eigenvalue weighted by Gasteiger charge is -2.11. The fraction of sp³-hybridized carbons (Fsp3) is 0.214. The predicted molar refractivity (Wildman–Crippen MR) is 78.6 cm³/mol. The van der Waals surface area contributed by atoms with Crippen LogP contribution in [0.5, 0.6) is 5.88 Å². The highest BCUT2D eigenvalue weighted by molar-refractivity contribution is 14.1. The summed E-state index contributed by atoms with van der Waals surface area (Å²) in [6.07, 6.45) is -0.0583. The van der Waals surface area contributed by atoms with Gasteiger partial charge in [-0.2, -0.15) is 0 Å². The molecule has 0 saturated heterocycles. The van der Waals surface area contributed by atoms with Crippen LogP contribution in [0, 0.1) is 3.57 Å². The first-order chi connectivity index (χ1) is 8.69. The number of pyridine rings is 1. The van der Waals surface area contributed by atoms with Crippen molar-refractivity contribution in [3.8, 4) is 5.88 Å². The van der Waals surface area contributed by atoms with Crippen molar-refractivity contribution in [1.29, 1.82) is 0 Å². The average molecular weight is 355 g/mol. The number of aliphatic hydroxyl groups is 1. The van der Waals surface area contributed by atoms with Crippen LogP contribution >= 0.6 is 22.6 Å². The molecule has 1 atom stereocenters. The Labute approximate surface area is 120 Å². The van der Waals surface area contributed by atoms with E-state index in [1.807, 2.05) is 30.3 Å². The Morgan fingerprint density at radius 2 is 1.94 bits per heavy atom. The van der Waals surface area contributed by atoms with Gasteiger partial charge in [-0.05, 0) is 46.4 Å². The number of nitrogens with zero attached hydrogens (tertiary/aromatic N) is 1. The Bertz CT molecular complexity index is 513. The Kier molecular flexibility index (Phi) is 4.54. The van der Waals surface area contributed by atoms with E-state index in [-0.39, 0.29) is 0 Å². The van der Waals surface area contributed by atoms with Gasteiger partial charge in [-0.1, -0.05) is 18.2 Å². The number of hydrogen-bond donors (Lipinski definition) is 1. The van der Waals surface area contributed by atoms with E-state index in [1.54, 1.807) is 19.2 Å². The summed E-state index contributed by atoms with van der Waals surface area (Å²) in [7, 11) is 1.57. The number of benzene rings is 1. The average Bonchev–Trinajstić information content (AvgIpc) is 2.41. The van der Waals surface area contributed by atoms with E-state index in [4.69, 9.17) is 4.74 Å². The number of rotatable bonds is 4. The first-order valence-corrected chi connectivity index (χ1v) is 6.70. The van der Waals surface area contributed by atoms with Crippen LogP contribution in [0.3, 0.4) is 0 Å². The zero-order valence-electron chi connectivity index (χ0n) is 10.0. The van der Waals surface area contributed by atoms with Crippen molar-refractivity contribution in [2.24, 2.45) is 0 Å². The van der Waals surface area contributed by atoms with Crippen molar-refractivity contribution in [2.45, 2.75) is 12.5 Å². The molecule has 2 aromatic rings. The van der Waals surface area contributed by atoms with Crippen LogP contribution in [0.15, 0.2) is 42.5 Å². The number of aliphatic hydroxyl groups excluding tert-OH is 1. The lowest BCUT2D eigenvalue weighted by molar-refractivity contribution is 0.172. The zero-order chi connectivity index (χ0) is 13.0. The second-order valence-corrected chi connectivity index (χ2v) is 5.20. The molecule has 3 nitrogen and oxygen atoms in total. The Morgan fingerprint density at radius 1 is 1.22 bits per heavy atom. The molecule has 0 saturated carbocycles. The third-order valence-corrected chi connectivity index (χ3v) is 3.36. The standard InChI is InChI=1S/C14H14INO2/c1-18-14-4-2-3-12(16-14)13(17)9-10-5-7-11(15)8-6-10/h2-8,13,17H,9H2,1H3. The number of hydrogen-bond acceptors (Lipinski definition) is 3. The molecule has 1 N–H and O–H groups in total. The Morgan fingerprint density at radius 3 is 2.61 bits per heavy atom. The smallest absolute Gasteiger partial charge is 0.213 e. The highest BCUT2D eigenvalue weighted by atomic mass is 127. The summed E-state index contributed by atoms with van der Waals surface area (Å²) >= 11 is 2.26. The van der Waals surface area contributed by atoms with E-state index in [9.17, 15) is 5.11 Å². The first-order valence-electron chi connectivity index (χ1n) is 5.62. The van der Waals surface area contributed by atoms with Gasteiger partial charge in [-0.3, -0.25) is 0 Å². The molecule has 0 radical (unpaired) electrons. The lowest BCUT2D eigenvalue weighted by Crippen LogP contribution is -2.04. The maximum Gasteiger partial charge on any atom is 0.213 e. The molecule has 1 aromatic carbocycles. The summed E-state index contributed by atoms with van der Waals surface area (Å²) in [5.41, 5.74) is 1.72. The van der Waals surface area contributed by atoms with Crippen molar-refractivity contribution in [3.63, 3.8) is 0 Å². The minimum Gasteiger partial charge on any atom is -0.481 e. The van der Waals surface area contributed by atoms with Crippen LogP contribution in [-0.4, -0.2) is 17.2 Å². The van der Waals surface area contributed by atoms with Gasteiger partial charge in [0.15, 0.2) is 0 Å². The fourth-order valence-corrected chi connectivity index (χ4v) is 2.04. The van der Waals surface area contributed by atoms with Crippen molar-refractivity contribution in [1.82, 2.24) is 4.98 Å². The molecule has 18 heavy (non-hydrogen) atoms. The van der Waals surface area contributed by atoms with Crippen LogP contribution in [0.1, 0.15) is 17.4 Å². The summed E-state index contributed by atoms with van der Waals surface area (Å²) in [6, 6.07) is 13.5. The van der Waals surface area contributed by atoms with E-state index in [2.05, 4.69) is 27.6 Å². The molecule has 1 heterocycles. The van der Waals surface area contributed by atoms with Gasteiger partial charge in [0.05, 0.1) is 12.8 Å². The molecule has 0 amide bonds. The fourth-order valence-electron chi connectivity index (χ4n) is 1.68. The lowest BCUT2D eigenvalue weighted by atomic mass is 10.1. The van der Waals surface area contributed by atoms with E-state index < -0.39 is 6.10 Å². The zero-order valence-corrected chi connectivity index (χ0v) is 12.2. The molecule has 0 fully saturated rings. The molecule has 2 rings (SSSR count). The van der Waals surface area contributed by atoms with Gasteiger partial charge < -0.3 is 9.84 Å². The third kappa shape index (κ3) is 3.43. The predicted octanol–water partition coefficient (Wildman–Crippen LogP) is 2.97. The number of aromatic nitrogens is 1. The van der Waals surface area contributed by atoms with Crippen molar-refractivity contribution in [2.75, 3.05) is 7.11 Å². The van der Waals surface area contributed by atoms with Gasteiger partial charge in [0, 0.05) is 16.1 Å². The normalized spacial score (nSPS) is 12.2. The Hall–Kier alpha value is -1.14. The quantitative estimate of drug-likeness (QED) is 0.858. The van der Waals surface area contributed by atoms with Crippen LogP contribution in [0.4, 0.5) is 0 Å². The maximum absolute atomic E-state index is 10.1. The first kappa shape index (κ1) is 13.3. The third-order valence-electron chi connectivity index (χ3n) is 2.64. The van der Waals surface area contributed by atoms with Gasteiger partial charge in [-0.15, -0.1) is 0 Å². The second-order valence-electron chi connectivity index (χ2n) is 3.95. The molecule has 0 spiro atoms. The van der Waals surface area contributed by atoms with Gasteiger partial charge in [0.2, 0.25) is 5.88 Å². The van der Waals surface area contributed by atoms with Crippen molar-refractivity contribution < 1.29 is 9.84 Å². The van der Waals surface area contributed by atoms with E-state index in [1.165, 1.54) is 3.57 Å². The molecular formula is C14H14INO2. The largest absolute Gasteiger partial charge is 0.481 e. The summed E-state index contributed by atoms with van der Waals surface area (Å²) in [5, 5.41) is 10.1. The Balaban J connectivity index is 2.11. The molecular weight excluding hydrogens is 341 g/mol. The number of methoxy groups -OCH3 is 1. The molecule has 0 aliphatic rings.